The van der Waals surface area contributed by atoms with Gasteiger partial charge in [-0.15, -0.1) is 0 Å². The van der Waals surface area contributed by atoms with Crippen molar-refractivity contribution in [2.24, 2.45) is 0 Å². The minimum Gasteiger partial charge on any atom is -0.486 e. The first-order chi connectivity index (χ1) is 12.6. The van der Waals surface area contributed by atoms with Gasteiger partial charge in [-0.3, -0.25) is 9.69 Å². The van der Waals surface area contributed by atoms with Gasteiger partial charge in [0.05, 0.1) is 0 Å². The highest BCUT2D eigenvalue weighted by Crippen LogP contribution is 2.35. The van der Waals surface area contributed by atoms with E-state index in [2.05, 4.69) is 29.2 Å². The standard InChI is InChI=1S/C19H23N3O4/c1-12(22(2)14-4-5-14)10-20-19(23)17-18(26-11-21-17)13-3-6-15-16(9-13)25-8-7-24-15/h3,6,9,11-12,14H,4-5,7-8,10H2,1-2H3,(H,20,23). The number of oxazole rings is 1. The number of rotatable bonds is 6. The predicted octanol–water partition coefficient (Wildman–Crippen LogP) is 2.33. The number of aromatic nitrogens is 1. The number of benzene rings is 1. The molecule has 1 aliphatic carbocycles. The Morgan fingerprint density at radius 2 is 2.08 bits per heavy atom. The molecule has 1 atom stereocenters. The van der Waals surface area contributed by atoms with Gasteiger partial charge in [-0.05, 0) is 45.0 Å². The topological polar surface area (TPSA) is 76.8 Å². The van der Waals surface area contributed by atoms with Crippen molar-refractivity contribution >= 4 is 5.91 Å². The summed E-state index contributed by atoms with van der Waals surface area (Å²) < 4.78 is 16.6. The highest BCUT2D eigenvalue weighted by atomic mass is 16.6. The smallest absolute Gasteiger partial charge is 0.273 e. The molecule has 7 heteroatoms. The van der Waals surface area contributed by atoms with E-state index in [1.807, 2.05) is 18.2 Å². The van der Waals surface area contributed by atoms with Crippen LogP contribution in [0.25, 0.3) is 11.3 Å². The van der Waals surface area contributed by atoms with Gasteiger partial charge in [-0.25, -0.2) is 4.98 Å². The summed E-state index contributed by atoms with van der Waals surface area (Å²) in [5.41, 5.74) is 1.02. The number of hydrogen-bond donors (Lipinski definition) is 1. The molecule has 2 heterocycles. The average molecular weight is 357 g/mol. The molecule has 0 spiro atoms. The number of carbonyl (C=O) groups excluding carboxylic acids is 1. The van der Waals surface area contributed by atoms with Crippen LogP contribution in [0.3, 0.4) is 0 Å². The van der Waals surface area contributed by atoms with Gasteiger partial charge in [0, 0.05) is 24.2 Å². The maximum absolute atomic E-state index is 12.6. The summed E-state index contributed by atoms with van der Waals surface area (Å²) in [6, 6.07) is 6.41. The first-order valence-corrected chi connectivity index (χ1v) is 8.97. The number of carbonyl (C=O) groups is 1. The third kappa shape index (κ3) is 3.39. The first kappa shape index (κ1) is 16.9. The Balaban J connectivity index is 1.47. The third-order valence-corrected chi connectivity index (χ3v) is 4.96. The van der Waals surface area contributed by atoms with Crippen molar-refractivity contribution in [2.75, 3.05) is 26.8 Å². The Bertz CT molecular complexity index is 800. The van der Waals surface area contributed by atoms with Crippen molar-refractivity contribution in [3.63, 3.8) is 0 Å². The van der Waals surface area contributed by atoms with Gasteiger partial charge in [-0.2, -0.15) is 0 Å². The number of amides is 1. The van der Waals surface area contributed by atoms with E-state index in [9.17, 15) is 4.79 Å². The van der Waals surface area contributed by atoms with Crippen LogP contribution in [0, 0.1) is 0 Å². The lowest BCUT2D eigenvalue weighted by molar-refractivity contribution is 0.0935. The van der Waals surface area contributed by atoms with E-state index < -0.39 is 0 Å². The molecule has 4 rings (SSSR count). The molecule has 1 amide bonds. The normalized spacial score (nSPS) is 17.2. The lowest BCUT2D eigenvalue weighted by Crippen LogP contribution is -2.41. The fraction of sp³-hybridized carbons (Fsp3) is 0.474. The maximum atomic E-state index is 12.6. The van der Waals surface area contributed by atoms with Gasteiger partial charge >= 0.3 is 0 Å². The van der Waals surface area contributed by atoms with Crippen molar-refractivity contribution in [2.45, 2.75) is 31.8 Å². The molecule has 1 aromatic heterocycles. The quantitative estimate of drug-likeness (QED) is 0.855. The van der Waals surface area contributed by atoms with Crippen molar-refractivity contribution in [3.8, 4) is 22.8 Å². The van der Waals surface area contributed by atoms with Crippen LogP contribution in [0.15, 0.2) is 29.0 Å². The molecule has 1 N–H and O–H groups in total. The second-order valence-corrected chi connectivity index (χ2v) is 6.84. The second kappa shape index (κ2) is 6.99. The molecule has 0 saturated heterocycles. The van der Waals surface area contributed by atoms with Crippen molar-refractivity contribution in [1.29, 1.82) is 0 Å². The van der Waals surface area contributed by atoms with Gasteiger partial charge in [0.1, 0.15) is 13.2 Å². The van der Waals surface area contributed by atoms with Crippen LogP contribution in [-0.4, -0.2) is 54.7 Å². The molecule has 0 bridgehead atoms. The zero-order valence-electron chi connectivity index (χ0n) is 15.0. The summed E-state index contributed by atoms with van der Waals surface area (Å²) in [6.07, 6.45) is 3.78. The predicted molar refractivity (Wildman–Crippen MR) is 95.5 cm³/mol. The van der Waals surface area contributed by atoms with E-state index >= 15 is 0 Å². The van der Waals surface area contributed by atoms with Gasteiger partial charge in [-0.1, -0.05) is 0 Å². The van der Waals surface area contributed by atoms with E-state index in [1.165, 1.54) is 19.2 Å². The molecule has 0 radical (unpaired) electrons. The number of nitrogens with zero attached hydrogens (tertiary/aromatic N) is 2. The van der Waals surface area contributed by atoms with Gasteiger partial charge < -0.3 is 19.2 Å². The highest BCUT2D eigenvalue weighted by molar-refractivity contribution is 5.97. The number of nitrogens with one attached hydrogen (secondary N) is 1. The maximum Gasteiger partial charge on any atom is 0.273 e. The number of ether oxygens (including phenoxy) is 2. The Labute approximate surface area is 152 Å². The van der Waals surface area contributed by atoms with Crippen LogP contribution in [0.4, 0.5) is 0 Å². The van der Waals surface area contributed by atoms with Crippen LogP contribution >= 0.6 is 0 Å². The summed E-state index contributed by atoms with van der Waals surface area (Å²) in [6.45, 7) is 3.73. The lowest BCUT2D eigenvalue weighted by atomic mass is 10.1. The summed E-state index contributed by atoms with van der Waals surface area (Å²) in [5.74, 6) is 1.54. The minimum atomic E-state index is -0.236. The fourth-order valence-corrected chi connectivity index (χ4v) is 3.11. The summed E-state index contributed by atoms with van der Waals surface area (Å²) >= 11 is 0. The zero-order valence-corrected chi connectivity index (χ0v) is 15.0. The Kier molecular flexibility index (Phi) is 4.55. The van der Waals surface area contributed by atoms with Gasteiger partial charge in [0.25, 0.3) is 5.91 Å². The zero-order chi connectivity index (χ0) is 18.1. The molecular formula is C19H23N3O4. The molecule has 1 aliphatic heterocycles. The van der Waals surface area contributed by atoms with Crippen molar-refractivity contribution < 1.29 is 18.7 Å². The fourth-order valence-electron chi connectivity index (χ4n) is 3.11. The molecule has 7 nitrogen and oxygen atoms in total. The average Bonchev–Trinajstić information content (AvgIpc) is 3.41. The highest BCUT2D eigenvalue weighted by Gasteiger charge is 2.29. The van der Waals surface area contributed by atoms with Crippen molar-refractivity contribution in [3.05, 3.63) is 30.3 Å². The number of hydrogen-bond acceptors (Lipinski definition) is 6. The summed E-state index contributed by atoms with van der Waals surface area (Å²) in [4.78, 5) is 19.0. The lowest BCUT2D eigenvalue weighted by Gasteiger charge is -2.24. The largest absolute Gasteiger partial charge is 0.486 e. The van der Waals surface area contributed by atoms with E-state index in [-0.39, 0.29) is 17.6 Å². The van der Waals surface area contributed by atoms with Gasteiger partial charge in [0.2, 0.25) is 0 Å². The molecule has 2 aliphatic rings. The van der Waals surface area contributed by atoms with Crippen LogP contribution < -0.4 is 14.8 Å². The van der Waals surface area contributed by atoms with Crippen molar-refractivity contribution in [1.82, 2.24) is 15.2 Å². The number of likely N-dealkylation sites (N-methyl/N-ethyl adjacent to an activating group) is 1. The van der Waals surface area contributed by atoms with Crippen LogP contribution in [0.1, 0.15) is 30.3 Å². The number of fused-ring (bicyclic) bond motifs is 1. The second-order valence-electron chi connectivity index (χ2n) is 6.84. The molecule has 138 valence electrons. The van der Waals surface area contributed by atoms with Gasteiger partial charge in [0.15, 0.2) is 29.3 Å². The van der Waals surface area contributed by atoms with Crippen LogP contribution in [0.2, 0.25) is 0 Å². The van der Waals surface area contributed by atoms with E-state index in [1.54, 1.807) is 0 Å². The summed E-state index contributed by atoms with van der Waals surface area (Å²) in [5, 5.41) is 2.96. The minimum absolute atomic E-state index is 0.236. The third-order valence-electron chi connectivity index (χ3n) is 4.96. The molecule has 1 fully saturated rings. The SMILES string of the molecule is CC(CNC(=O)c1ncoc1-c1ccc2c(c1)OCCO2)N(C)C1CC1. The Morgan fingerprint density at radius 1 is 1.31 bits per heavy atom. The van der Waals surface area contributed by atoms with Crippen LogP contribution in [-0.2, 0) is 0 Å². The molecule has 2 aromatic rings. The summed E-state index contributed by atoms with van der Waals surface area (Å²) in [7, 11) is 2.10. The Hall–Kier alpha value is -2.54. The monoisotopic (exact) mass is 357 g/mol. The first-order valence-electron chi connectivity index (χ1n) is 8.97. The molecular weight excluding hydrogens is 334 g/mol. The van der Waals surface area contributed by atoms with E-state index in [0.29, 0.717) is 43.1 Å². The van der Waals surface area contributed by atoms with E-state index in [4.69, 9.17) is 13.9 Å². The van der Waals surface area contributed by atoms with E-state index in [0.717, 1.165) is 5.56 Å². The molecule has 26 heavy (non-hydrogen) atoms. The Morgan fingerprint density at radius 3 is 2.85 bits per heavy atom. The molecule has 1 saturated carbocycles. The van der Waals surface area contributed by atoms with Crippen LogP contribution in [0.5, 0.6) is 11.5 Å². The molecule has 1 unspecified atom stereocenters. The molecule has 1 aromatic carbocycles.